The van der Waals surface area contributed by atoms with Gasteiger partial charge in [-0.3, -0.25) is 0 Å². The van der Waals surface area contributed by atoms with Gasteiger partial charge < -0.3 is 19.1 Å². The summed E-state index contributed by atoms with van der Waals surface area (Å²) in [6, 6.07) is 7.50. The van der Waals surface area contributed by atoms with E-state index in [2.05, 4.69) is 0 Å². The third-order valence-corrected chi connectivity index (χ3v) is 4.05. The van der Waals surface area contributed by atoms with Crippen LogP contribution in [0.1, 0.15) is 51.5 Å². The second kappa shape index (κ2) is 7.88. The first kappa shape index (κ1) is 18.6. The molecule has 0 aliphatic heterocycles. The van der Waals surface area contributed by atoms with Gasteiger partial charge in [-0.15, -0.1) is 0 Å². The summed E-state index contributed by atoms with van der Waals surface area (Å²) in [6.45, 7) is 8.01. The molecule has 134 valence electrons. The lowest BCUT2D eigenvalue weighted by molar-refractivity contribution is 0.0513. The highest BCUT2D eigenvalue weighted by Crippen LogP contribution is 2.27. The third-order valence-electron chi connectivity index (χ3n) is 4.05. The molecule has 0 unspecified atom stereocenters. The van der Waals surface area contributed by atoms with Crippen LogP contribution in [0, 0.1) is 13.8 Å². The van der Waals surface area contributed by atoms with Gasteiger partial charge in [-0.25, -0.2) is 9.59 Å². The zero-order chi connectivity index (χ0) is 18.6. The topological polar surface area (TPSA) is 77.8 Å². The predicted molar refractivity (Wildman–Crippen MR) is 93.5 cm³/mol. The molecule has 0 bridgehead atoms. The van der Waals surface area contributed by atoms with E-state index in [9.17, 15) is 14.7 Å². The monoisotopic (exact) mass is 345 g/mol. The van der Waals surface area contributed by atoms with Crippen LogP contribution < -0.4 is 4.74 Å². The Hall–Kier alpha value is -2.76. The van der Waals surface area contributed by atoms with E-state index in [1.165, 1.54) is 0 Å². The number of hydrogen-bond donors (Lipinski definition) is 1. The average molecular weight is 345 g/mol. The van der Waals surface area contributed by atoms with Crippen molar-refractivity contribution in [3.05, 3.63) is 52.3 Å². The molecule has 0 fully saturated rings. The number of para-hydroxylation sites is 1. The molecule has 1 heterocycles. The summed E-state index contributed by atoms with van der Waals surface area (Å²) in [5.74, 6) is -0.871. The number of carboxylic acids is 1. The first-order chi connectivity index (χ1) is 11.9. The fourth-order valence-corrected chi connectivity index (χ4v) is 2.97. The second-order valence-corrected chi connectivity index (χ2v) is 5.59. The molecule has 6 nitrogen and oxygen atoms in total. The summed E-state index contributed by atoms with van der Waals surface area (Å²) in [6.07, 6.45) is 0. The largest absolute Gasteiger partial charge is 0.494 e. The molecule has 0 radical (unpaired) electrons. The van der Waals surface area contributed by atoms with Gasteiger partial charge in [-0.05, 0) is 39.3 Å². The Morgan fingerprint density at radius 1 is 1.12 bits per heavy atom. The Morgan fingerprint density at radius 2 is 1.80 bits per heavy atom. The van der Waals surface area contributed by atoms with Crippen LogP contribution in [-0.2, 0) is 11.3 Å². The Morgan fingerprint density at radius 3 is 2.40 bits per heavy atom. The summed E-state index contributed by atoms with van der Waals surface area (Å²) in [5.41, 5.74) is 2.20. The zero-order valence-corrected chi connectivity index (χ0v) is 15.0. The number of ether oxygens (including phenoxy) is 2. The summed E-state index contributed by atoms with van der Waals surface area (Å²) < 4.78 is 12.5. The van der Waals surface area contributed by atoms with Crippen molar-refractivity contribution in [2.75, 3.05) is 13.2 Å². The minimum atomic E-state index is -1.06. The number of benzene rings is 1. The van der Waals surface area contributed by atoms with Gasteiger partial charge in [0.2, 0.25) is 0 Å². The normalized spacial score (nSPS) is 10.6. The molecular formula is C19H23NO5. The fraction of sp³-hybridized carbons (Fsp3) is 0.368. The van der Waals surface area contributed by atoms with E-state index >= 15 is 0 Å². The highest BCUT2D eigenvalue weighted by molar-refractivity contribution is 5.98. The summed E-state index contributed by atoms with van der Waals surface area (Å²) in [7, 11) is 0. The van der Waals surface area contributed by atoms with Crippen molar-refractivity contribution < 1.29 is 24.2 Å². The molecule has 25 heavy (non-hydrogen) atoms. The standard InChI is InChI=1S/C19H23NO5/c1-5-24-15-10-8-7-9-14(15)11-20-13(4)16(18(21)22)12(3)17(20)19(23)25-6-2/h7-10H,5-6,11H2,1-4H3,(H,21,22). The molecule has 0 aliphatic carbocycles. The maximum atomic E-state index is 12.4. The molecule has 0 saturated carbocycles. The van der Waals surface area contributed by atoms with Gasteiger partial charge in [0, 0.05) is 11.3 Å². The minimum absolute atomic E-state index is 0.136. The van der Waals surface area contributed by atoms with Gasteiger partial charge in [0.15, 0.2) is 0 Å². The number of hydrogen-bond acceptors (Lipinski definition) is 4. The van der Waals surface area contributed by atoms with Gasteiger partial charge in [0.1, 0.15) is 11.4 Å². The Bertz CT molecular complexity index is 791. The van der Waals surface area contributed by atoms with Crippen molar-refractivity contribution in [1.29, 1.82) is 0 Å². The van der Waals surface area contributed by atoms with Crippen LogP contribution in [0.25, 0.3) is 0 Å². The van der Waals surface area contributed by atoms with E-state index in [1.807, 2.05) is 31.2 Å². The quantitative estimate of drug-likeness (QED) is 0.778. The van der Waals surface area contributed by atoms with Crippen molar-refractivity contribution >= 4 is 11.9 Å². The van der Waals surface area contributed by atoms with Crippen LogP contribution in [0.5, 0.6) is 5.75 Å². The average Bonchev–Trinajstić information content (AvgIpc) is 2.80. The highest BCUT2D eigenvalue weighted by atomic mass is 16.5. The van der Waals surface area contributed by atoms with E-state index in [1.54, 1.807) is 25.3 Å². The van der Waals surface area contributed by atoms with Crippen molar-refractivity contribution in [1.82, 2.24) is 4.57 Å². The Labute approximate surface area is 147 Å². The number of carbonyl (C=O) groups excluding carboxylic acids is 1. The van der Waals surface area contributed by atoms with E-state index in [0.717, 1.165) is 5.56 Å². The lowest BCUT2D eigenvalue weighted by Gasteiger charge is -2.15. The van der Waals surface area contributed by atoms with Crippen molar-refractivity contribution in [3.63, 3.8) is 0 Å². The summed E-state index contributed by atoms with van der Waals surface area (Å²) in [5, 5.41) is 9.51. The first-order valence-electron chi connectivity index (χ1n) is 8.23. The maximum absolute atomic E-state index is 12.4. The fourth-order valence-electron chi connectivity index (χ4n) is 2.97. The van der Waals surface area contributed by atoms with Crippen LogP contribution in [0.15, 0.2) is 24.3 Å². The van der Waals surface area contributed by atoms with Crippen molar-refractivity contribution in [2.24, 2.45) is 0 Å². The number of aromatic carboxylic acids is 1. The van der Waals surface area contributed by atoms with Crippen LogP contribution in [0.3, 0.4) is 0 Å². The van der Waals surface area contributed by atoms with Crippen molar-refractivity contribution in [2.45, 2.75) is 34.2 Å². The van der Waals surface area contributed by atoms with E-state index in [-0.39, 0.29) is 17.9 Å². The highest BCUT2D eigenvalue weighted by Gasteiger charge is 2.27. The predicted octanol–water partition coefficient (Wildman–Crippen LogP) is 3.43. The summed E-state index contributed by atoms with van der Waals surface area (Å²) in [4.78, 5) is 24.0. The lowest BCUT2D eigenvalue weighted by Crippen LogP contribution is -2.15. The number of carbonyl (C=O) groups is 2. The number of carboxylic acid groups (broad SMARTS) is 1. The van der Waals surface area contributed by atoms with Gasteiger partial charge in [-0.1, -0.05) is 18.2 Å². The number of rotatable bonds is 7. The second-order valence-electron chi connectivity index (χ2n) is 5.59. The number of nitrogens with zero attached hydrogens (tertiary/aromatic N) is 1. The molecule has 1 N–H and O–H groups in total. The molecule has 6 heteroatoms. The molecule has 2 rings (SSSR count). The molecule has 2 aromatic rings. The maximum Gasteiger partial charge on any atom is 0.355 e. The van der Waals surface area contributed by atoms with E-state index in [0.29, 0.717) is 30.2 Å². The third kappa shape index (κ3) is 3.68. The molecule has 0 amide bonds. The van der Waals surface area contributed by atoms with Crippen LogP contribution in [0.2, 0.25) is 0 Å². The molecule has 0 saturated heterocycles. The van der Waals surface area contributed by atoms with Crippen LogP contribution in [-0.4, -0.2) is 34.8 Å². The van der Waals surface area contributed by atoms with Gasteiger partial charge in [0.25, 0.3) is 0 Å². The number of aromatic nitrogens is 1. The molecule has 1 aromatic heterocycles. The van der Waals surface area contributed by atoms with Crippen LogP contribution >= 0.6 is 0 Å². The first-order valence-corrected chi connectivity index (χ1v) is 8.23. The minimum Gasteiger partial charge on any atom is -0.494 e. The van der Waals surface area contributed by atoms with Gasteiger partial charge >= 0.3 is 11.9 Å². The lowest BCUT2D eigenvalue weighted by atomic mass is 10.1. The number of esters is 1. The molecule has 1 aromatic carbocycles. The molecule has 0 aliphatic rings. The van der Waals surface area contributed by atoms with Gasteiger partial charge in [0.05, 0.1) is 25.3 Å². The molecular weight excluding hydrogens is 322 g/mol. The molecule has 0 spiro atoms. The Balaban J connectivity index is 2.58. The molecule has 0 atom stereocenters. The summed E-state index contributed by atoms with van der Waals surface area (Å²) >= 11 is 0. The van der Waals surface area contributed by atoms with E-state index in [4.69, 9.17) is 9.47 Å². The van der Waals surface area contributed by atoms with Crippen molar-refractivity contribution in [3.8, 4) is 5.75 Å². The van der Waals surface area contributed by atoms with E-state index < -0.39 is 11.9 Å². The van der Waals surface area contributed by atoms with Gasteiger partial charge in [-0.2, -0.15) is 0 Å². The zero-order valence-electron chi connectivity index (χ0n) is 15.0. The van der Waals surface area contributed by atoms with Crippen LogP contribution in [0.4, 0.5) is 0 Å². The Kier molecular flexibility index (Phi) is 5.85. The SMILES string of the molecule is CCOC(=O)c1c(C)c(C(=O)O)c(C)n1Cc1ccccc1OCC. The smallest absolute Gasteiger partial charge is 0.355 e.